The van der Waals surface area contributed by atoms with Gasteiger partial charge >= 0.3 is 5.97 Å². The molecule has 1 fully saturated rings. The van der Waals surface area contributed by atoms with Crippen LogP contribution in [-0.4, -0.2) is 48.6 Å². The van der Waals surface area contributed by atoms with Gasteiger partial charge < -0.3 is 19.9 Å². The van der Waals surface area contributed by atoms with Crippen molar-refractivity contribution < 1.29 is 23.8 Å². The molecule has 42 heavy (non-hydrogen) atoms. The Hall–Kier alpha value is -3.33. The minimum atomic E-state index is -0.666. The molecule has 5 rings (SSSR count). The predicted molar refractivity (Wildman–Crippen MR) is 167 cm³/mol. The molecule has 2 N–H and O–H groups in total. The number of amides is 1. The van der Waals surface area contributed by atoms with Gasteiger partial charge in [-0.3, -0.25) is 9.69 Å². The van der Waals surface area contributed by atoms with Gasteiger partial charge in [0.2, 0.25) is 5.91 Å². The number of rotatable bonds is 11. The summed E-state index contributed by atoms with van der Waals surface area (Å²) in [5.41, 5.74) is 10.6. The van der Waals surface area contributed by atoms with Crippen LogP contribution in [0.5, 0.6) is 11.5 Å². The summed E-state index contributed by atoms with van der Waals surface area (Å²) < 4.78 is 18.4. The summed E-state index contributed by atoms with van der Waals surface area (Å²) in [7, 11) is 0. The quantitative estimate of drug-likeness (QED) is 0.190. The Morgan fingerprint density at radius 2 is 1.69 bits per heavy atom. The lowest BCUT2D eigenvalue weighted by atomic mass is 9.92. The molecule has 0 unspecified atom stereocenters. The molecule has 220 valence electrons. The van der Waals surface area contributed by atoms with Gasteiger partial charge in [0.15, 0.2) is 0 Å². The Bertz CT molecular complexity index is 1520. The Kier molecular flexibility index (Phi) is 9.25. The number of esters is 1. The molecule has 0 saturated heterocycles. The molecule has 0 bridgehead atoms. The molecular weight excluding hydrogens is 620 g/mol. The fraction of sp³-hybridized carbons (Fsp3) is 0.333. The first kappa shape index (κ1) is 30.1. The summed E-state index contributed by atoms with van der Waals surface area (Å²) in [6.45, 7) is 5.81. The van der Waals surface area contributed by atoms with Crippen LogP contribution in [0, 0.1) is 13.8 Å². The topological polar surface area (TPSA) is 91.1 Å². The third-order valence-corrected chi connectivity index (χ3v) is 9.13. The molecule has 7 nitrogen and oxygen atoms in total. The van der Waals surface area contributed by atoms with Crippen molar-refractivity contribution in [3.8, 4) is 11.5 Å². The second kappa shape index (κ2) is 12.9. The maximum Gasteiger partial charge on any atom is 0.335 e. The van der Waals surface area contributed by atoms with Crippen molar-refractivity contribution in [3.05, 3.63) is 98.0 Å². The van der Waals surface area contributed by atoms with E-state index in [2.05, 4.69) is 15.9 Å². The lowest BCUT2D eigenvalue weighted by Gasteiger charge is -2.35. The molecular formula is C33H34BrClN2O5. The number of primary amides is 1. The van der Waals surface area contributed by atoms with Crippen LogP contribution in [0.25, 0.3) is 5.57 Å². The Balaban J connectivity index is 1.27. The van der Waals surface area contributed by atoms with Crippen LogP contribution in [-0.2, 0) is 20.9 Å². The number of nitrogens with two attached hydrogens (primary N) is 1. The SMILES string of the molecule is Cc1cc(Cl)c(OCCOc2ccc(C3=C(C(=O)OCc4ccccc4Br)CN(C4(C(N)=O)CC4)CC3)cc2)cc1C. The first-order valence-corrected chi connectivity index (χ1v) is 15.2. The first-order chi connectivity index (χ1) is 20.2. The number of ether oxygens (including phenoxy) is 3. The molecule has 0 spiro atoms. The third kappa shape index (κ3) is 6.66. The zero-order valence-corrected chi connectivity index (χ0v) is 26.1. The van der Waals surface area contributed by atoms with E-state index in [1.807, 2.05) is 79.4 Å². The van der Waals surface area contributed by atoms with E-state index in [1.165, 1.54) is 0 Å². The highest BCUT2D eigenvalue weighted by atomic mass is 79.9. The van der Waals surface area contributed by atoms with Crippen molar-refractivity contribution in [3.63, 3.8) is 0 Å². The van der Waals surface area contributed by atoms with E-state index < -0.39 is 11.5 Å². The molecule has 1 heterocycles. The zero-order valence-electron chi connectivity index (χ0n) is 23.8. The highest BCUT2D eigenvalue weighted by Crippen LogP contribution is 2.44. The molecule has 2 aliphatic rings. The van der Waals surface area contributed by atoms with Gasteiger partial charge in [-0.25, -0.2) is 4.79 Å². The Labute approximate surface area is 259 Å². The standard InChI is InChI=1S/C33H34BrClN2O5/c1-21-17-29(35)30(18-22(21)2)41-16-15-40-25-9-7-23(8-10-25)26-11-14-37(33(12-13-33)32(36)39)19-27(26)31(38)42-20-24-5-3-4-6-28(24)34/h3-10,17-18H,11-16,19-20H2,1-2H3,(H2,36,39). The van der Waals surface area contributed by atoms with E-state index >= 15 is 0 Å². The summed E-state index contributed by atoms with van der Waals surface area (Å²) in [5.74, 6) is 0.598. The number of carbonyl (C=O) groups excluding carboxylic acids is 2. The molecule has 0 aromatic heterocycles. The fourth-order valence-corrected chi connectivity index (χ4v) is 5.92. The predicted octanol–water partition coefficient (Wildman–Crippen LogP) is 6.40. The summed E-state index contributed by atoms with van der Waals surface area (Å²) in [4.78, 5) is 27.7. The average molecular weight is 654 g/mol. The van der Waals surface area contributed by atoms with Gasteiger partial charge in [0.1, 0.15) is 36.9 Å². The van der Waals surface area contributed by atoms with Gasteiger partial charge in [-0.05, 0) is 85.7 Å². The van der Waals surface area contributed by atoms with E-state index in [9.17, 15) is 9.59 Å². The zero-order chi connectivity index (χ0) is 29.9. The smallest absolute Gasteiger partial charge is 0.335 e. The first-order valence-electron chi connectivity index (χ1n) is 14.0. The van der Waals surface area contributed by atoms with Crippen molar-refractivity contribution in [2.45, 2.75) is 45.3 Å². The maximum absolute atomic E-state index is 13.5. The highest BCUT2D eigenvalue weighted by molar-refractivity contribution is 9.10. The normalized spacial score (nSPS) is 16.2. The van der Waals surface area contributed by atoms with Crippen molar-refractivity contribution in [1.82, 2.24) is 4.90 Å². The van der Waals surface area contributed by atoms with Crippen molar-refractivity contribution >= 4 is 45.0 Å². The Morgan fingerprint density at radius 1 is 1.00 bits per heavy atom. The summed E-state index contributed by atoms with van der Waals surface area (Å²) >= 11 is 9.81. The molecule has 0 atom stereocenters. The molecule has 3 aromatic carbocycles. The van der Waals surface area contributed by atoms with Gasteiger partial charge in [-0.15, -0.1) is 0 Å². The number of aryl methyl sites for hydroxylation is 2. The van der Waals surface area contributed by atoms with Crippen molar-refractivity contribution in [2.24, 2.45) is 5.73 Å². The number of halogens is 2. The second-order valence-electron chi connectivity index (χ2n) is 10.8. The summed E-state index contributed by atoms with van der Waals surface area (Å²) in [5, 5.41) is 0.580. The van der Waals surface area contributed by atoms with E-state index in [0.29, 0.717) is 67.7 Å². The van der Waals surface area contributed by atoms with E-state index in [4.69, 9.17) is 31.5 Å². The van der Waals surface area contributed by atoms with Gasteiger partial charge in [0, 0.05) is 23.1 Å². The molecule has 1 aliphatic carbocycles. The van der Waals surface area contributed by atoms with Gasteiger partial charge in [0.05, 0.1) is 10.6 Å². The van der Waals surface area contributed by atoms with E-state index in [1.54, 1.807) is 0 Å². The molecule has 1 saturated carbocycles. The van der Waals surface area contributed by atoms with Gasteiger partial charge in [-0.2, -0.15) is 0 Å². The average Bonchev–Trinajstić information content (AvgIpc) is 3.80. The second-order valence-corrected chi connectivity index (χ2v) is 12.0. The molecule has 0 radical (unpaired) electrons. The number of hydrogen-bond acceptors (Lipinski definition) is 6. The highest BCUT2D eigenvalue weighted by Gasteiger charge is 2.54. The van der Waals surface area contributed by atoms with Crippen LogP contribution in [0.2, 0.25) is 5.02 Å². The molecule has 3 aromatic rings. The van der Waals surface area contributed by atoms with Gasteiger partial charge in [-0.1, -0.05) is 57.9 Å². The number of benzene rings is 3. The summed E-state index contributed by atoms with van der Waals surface area (Å²) in [6, 6.07) is 19.1. The molecule has 9 heteroatoms. The number of hydrogen-bond donors (Lipinski definition) is 1. The maximum atomic E-state index is 13.5. The van der Waals surface area contributed by atoms with Crippen LogP contribution in [0.1, 0.15) is 41.5 Å². The minimum Gasteiger partial charge on any atom is -0.490 e. The lowest BCUT2D eigenvalue weighted by Crippen LogP contribution is -2.50. The monoisotopic (exact) mass is 652 g/mol. The summed E-state index contributed by atoms with van der Waals surface area (Å²) in [6.07, 6.45) is 2.02. The van der Waals surface area contributed by atoms with E-state index in [0.717, 1.165) is 32.3 Å². The van der Waals surface area contributed by atoms with Crippen LogP contribution in [0.15, 0.2) is 70.7 Å². The Morgan fingerprint density at radius 3 is 2.38 bits per heavy atom. The van der Waals surface area contributed by atoms with Crippen LogP contribution in [0.4, 0.5) is 0 Å². The lowest BCUT2D eigenvalue weighted by molar-refractivity contribution is -0.141. The largest absolute Gasteiger partial charge is 0.490 e. The van der Waals surface area contributed by atoms with E-state index in [-0.39, 0.29) is 12.5 Å². The third-order valence-electron chi connectivity index (χ3n) is 8.06. The minimum absolute atomic E-state index is 0.139. The van der Waals surface area contributed by atoms with Crippen LogP contribution >= 0.6 is 27.5 Å². The molecule has 1 amide bonds. The van der Waals surface area contributed by atoms with Crippen LogP contribution < -0.4 is 15.2 Å². The van der Waals surface area contributed by atoms with Crippen LogP contribution in [0.3, 0.4) is 0 Å². The number of nitrogens with zero attached hydrogens (tertiary/aromatic N) is 1. The molecule has 1 aliphatic heterocycles. The number of carbonyl (C=O) groups is 2. The fourth-order valence-electron chi connectivity index (χ4n) is 5.25. The van der Waals surface area contributed by atoms with Crippen molar-refractivity contribution in [1.29, 1.82) is 0 Å². The van der Waals surface area contributed by atoms with Crippen molar-refractivity contribution in [2.75, 3.05) is 26.3 Å². The van der Waals surface area contributed by atoms with Gasteiger partial charge in [0.25, 0.3) is 0 Å².